The van der Waals surface area contributed by atoms with Crippen molar-refractivity contribution in [3.8, 4) is 17.2 Å². The molecule has 1 N–H and O–H groups in total. The third-order valence-corrected chi connectivity index (χ3v) is 3.20. The molecule has 0 bridgehead atoms. The highest BCUT2D eigenvalue weighted by Gasteiger charge is 2.08. The summed E-state index contributed by atoms with van der Waals surface area (Å²) in [7, 11) is 3.06. The van der Waals surface area contributed by atoms with E-state index in [9.17, 15) is 13.6 Å². The van der Waals surface area contributed by atoms with Crippen LogP contribution in [0.2, 0.25) is 0 Å². The molecule has 0 unspecified atom stereocenters. The van der Waals surface area contributed by atoms with E-state index in [-0.39, 0.29) is 18.9 Å². The van der Waals surface area contributed by atoms with Crippen molar-refractivity contribution in [2.75, 3.05) is 20.8 Å². The van der Waals surface area contributed by atoms with Gasteiger partial charge >= 0.3 is 0 Å². The smallest absolute Gasteiger partial charge is 0.258 e. The van der Waals surface area contributed by atoms with E-state index in [4.69, 9.17) is 14.2 Å². The number of nitrogens with one attached hydrogen (secondary N) is 1. The molecule has 5 nitrogen and oxygen atoms in total. The number of amides is 1. The Morgan fingerprint density at radius 1 is 1.00 bits per heavy atom. The van der Waals surface area contributed by atoms with Crippen LogP contribution in [-0.4, -0.2) is 26.7 Å². The Bertz CT molecular complexity index is 722. The summed E-state index contributed by atoms with van der Waals surface area (Å²) in [5.74, 6) is -1.17. The van der Waals surface area contributed by atoms with E-state index in [2.05, 4.69) is 5.32 Å². The molecule has 0 aliphatic carbocycles. The molecule has 2 rings (SSSR count). The largest absolute Gasteiger partial charge is 0.493 e. The van der Waals surface area contributed by atoms with Gasteiger partial charge in [0.25, 0.3) is 5.91 Å². The molecule has 0 radical (unpaired) electrons. The van der Waals surface area contributed by atoms with Crippen molar-refractivity contribution >= 4 is 5.91 Å². The second kappa shape index (κ2) is 8.14. The summed E-state index contributed by atoms with van der Waals surface area (Å²) >= 11 is 0. The lowest BCUT2D eigenvalue weighted by Crippen LogP contribution is -2.28. The van der Waals surface area contributed by atoms with Crippen molar-refractivity contribution in [2.45, 2.75) is 6.54 Å². The van der Waals surface area contributed by atoms with Crippen molar-refractivity contribution in [1.29, 1.82) is 0 Å². The number of ether oxygens (including phenoxy) is 3. The molecule has 0 aliphatic rings. The molecule has 0 saturated carbocycles. The Hall–Kier alpha value is -2.83. The van der Waals surface area contributed by atoms with Crippen molar-refractivity contribution in [3.63, 3.8) is 0 Å². The van der Waals surface area contributed by atoms with Gasteiger partial charge in [0, 0.05) is 12.6 Å². The molecular formula is C17H17F2NO4. The number of hydrogen-bond donors (Lipinski definition) is 1. The Morgan fingerprint density at radius 3 is 2.42 bits per heavy atom. The maximum atomic E-state index is 13.0. The Balaban J connectivity index is 1.85. The molecule has 0 fully saturated rings. The molecule has 24 heavy (non-hydrogen) atoms. The molecule has 0 saturated heterocycles. The minimum Gasteiger partial charge on any atom is -0.493 e. The van der Waals surface area contributed by atoms with Crippen LogP contribution in [0.5, 0.6) is 17.2 Å². The van der Waals surface area contributed by atoms with Gasteiger partial charge in [-0.1, -0.05) is 6.07 Å². The van der Waals surface area contributed by atoms with Crippen LogP contribution in [0, 0.1) is 11.6 Å². The average Bonchev–Trinajstić information content (AvgIpc) is 2.60. The van der Waals surface area contributed by atoms with Crippen molar-refractivity contribution in [1.82, 2.24) is 5.32 Å². The number of hydrogen-bond acceptors (Lipinski definition) is 4. The van der Waals surface area contributed by atoms with Crippen LogP contribution in [0.15, 0.2) is 36.4 Å². The van der Waals surface area contributed by atoms with Crippen molar-refractivity contribution in [3.05, 3.63) is 53.6 Å². The maximum Gasteiger partial charge on any atom is 0.258 e. The molecule has 0 heterocycles. The zero-order chi connectivity index (χ0) is 17.5. The molecule has 0 aliphatic heterocycles. The zero-order valence-corrected chi connectivity index (χ0v) is 13.3. The normalized spacial score (nSPS) is 10.2. The number of benzene rings is 2. The number of carbonyl (C=O) groups excluding carboxylic acids is 1. The number of methoxy groups -OCH3 is 2. The van der Waals surface area contributed by atoms with Gasteiger partial charge in [-0.2, -0.15) is 0 Å². The van der Waals surface area contributed by atoms with E-state index >= 15 is 0 Å². The molecular weight excluding hydrogens is 320 g/mol. The second-order valence-electron chi connectivity index (χ2n) is 4.83. The summed E-state index contributed by atoms with van der Waals surface area (Å²) in [6.45, 7) is -0.0430. The first kappa shape index (κ1) is 17.5. The zero-order valence-electron chi connectivity index (χ0n) is 13.3. The van der Waals surface area contributed by atoms with Gasteiger partial charge in [-0.25, -0.2) is 8.78 Å². The lowest BCUT2D eigenvalue weighted by Gasteiger charge is -2.11. The third kappa shape index (κ3) is 4.58. The quantitative estimate of drug-likeness (QED) is 0.844. The van der Waals surface area contributed by atoms with Crippen LogP contribution in [-0.2, 0) is 11.3 Å². The minimum atomic E-state index is -1.03. The fourth-order valence-electron chi connectivity index (χ4n) is 1.96. The second-order valence-corrected chi connectivity index (χ2v) is 4.83. The average molecular weight is 337 g/mol. The highest BCUT2D eigenvalue weighted by atomic mass is 19.2. The van der Waals surface area contributed by atoms with Gasteiger partial charge in [0.15, 0.2) is 29.7 Å². The van der Waals surface area contributed by atoms with Crippen LogP contribution in [0.3, 0.4) is 0 Å². The lowest BCUT2D eigenvalue weighted by molar-refractivity contribution is -0.123. The maximum absolute atomic E-state index is 13.0. The molecule has 2 aromatic carbocycles. The van der Waals surface area contributed by atoms with Crippen LogP contribution >= 0.6 is 0 Å². The Labute approximate surface area is 138 Å². The first-order valence-corrected chi connectivity index (χ1v) is 7.09. The van der Waals surface area contributed by atoms with Crippen molar-refractivity contribution < 1.29 is 27.8 Å². The highest BCUT2D eigenvalue weighted by Crippen LogP contribution is 2.27. The van der Waals surface area contributed by atoms with Gasteiger partial charge < -0.3 is 19.5 Å². The molecule has 1 amide bonds. The predicted octanol–water partition coefficient (Wildman–Crippen LogP) is 2.68. The molecule has 0 aromatic heterocycles. The van der Waals surface area contributed by atoms with Gasteiger partial charge in [0.2, 0.25) is 0 Å². The standard InChI is InChI=1S/C17H17F2NO4/c1-22-15-6-3-11(7-16(15)23-2)9-20-17(21)10-24-12-4-5-13(18)14(19)8-12/h3-8H,9-10H2,1-2H3,(H,20,21). The van der Waals surface area contributed by atoms with E-state index in [1.807, 2.05) is 0 Å². The van der Waals surface area contributed by atoms with Gasteiger partial charge in [0.1, 0.15) is 5.75 Å². The van der Waals surface area contributed by atoms with Crippen LogP contribution in [0.1, 0.15) is 5.56 Å². The van der Waals surface area contributed by atoms with Crippen LogP contribution < -0.4 is 19.5 Å². The van der Waals surface area contributed by atoms with Gasteiger partial charge in [-0.05, 0) is 29.8 Å². The summed E-state index contributed by atoms with van der Waals surface area (Å²) < 4.78 is 41.2. The molecule has 0 atom stereocenters. The van der Waals surface area contributed by atoms with Crippen LogP contribution in [0.4, 0.5) is 8.78 Å². The summed E-state index contributed by atoms with van der Waals surface area (Å²) in [6.07, 6.45) is 0. The highest BCUT2D eigenvalue weighted by molar-refractivity contribution is 5.77. The Kier molecular flexibility index (Phi) is 5.95. The third-order valence-electron chi connectivity index (χ3n) is 3.20. The fourth-order valence-corrected chi connectivity index (χ4v) is 1.96. The Morgan fingerprint density at radius 2 is 1.75 bits per heavy atom. The number of rotatable bonds is 7. The summed E-state index contributed by atoms with van der Waals surface area (Å²) in [5, 5.41) is 2.66. The summed E-state index contributed by atoms with van der Waals surface area (Å²) in [6, 6.07) is 8.34. The summed E-state index contributed by atoms with van der Waals surface area (Å²) in [4.78, 5) is 11.8. The van der Waals surface area contributed by atoms with E-state index in [1.165, 1.54) is 20.3 Å². The van der Waals surface area contributed by atoms with Gasteiger partial charge in [-0.15, -0.1) is 0 Å². The number of carbonyl (C=O) groups is 1. The first-order valence-electron chi connectivity index (χ1n) is 7.09. The first-order chi connectivity index (χ1) is 11.5. The van der Waals surface area contributed by atoms with E-state index in [0.717, 1.165) is 17.7 Å². The van der Waals surface area contributed by atoms with Gasteiger partial charge in [0.05, 0.1) is 14.2 Å². The van der Waals surface area contributed by atoms with Crippen LogP contribution in [0.25, 0.3) is 0 Å². The van der Waals surface area contributed by atoms with Gasteiger partial charge in [-0.3, -0.25) is 4.79 Å². The number of halogens is 2. The van der Waals surface area contributed by atoms with E-state index in [1.54, 1.807) is 18.2 Å². The predicted molar refractivity (Wildman–Crippen MR) is 83.2 cm³/mol. The van der Waals surface area contributed by atoms with E-state index in [0.29, 0.717) is 11.5 Å². The lowest BCUT2D eigenvalue weighted by atomic mass is 10.2. The van der Waals surface area contributed by atoms with Crippen molar-refractivity contribution in [2.24, 2.45) is 0 Å². The fraction of sp³-hybridized carbons (Fsp3) is 0.235. The summed E-state index contributed by atoms with van der Waals surface area (Å²) in [5.41, 5.74) is 0.814. The SMILES string of the molecule is COc1ccc(CNC(=O)COc2ccc(F)c(F)c2)cc1OC. The molecule has 128 valence electrons. The van der Waals surface area contributed by atoms with E-state index < -0.39 is 17.5 Å². The minimum absolute atomic E-state index is 0.0789. The monoisotopic (exact) mass is 337 g/mol. The topological polar surface area (TPSA) is 56.8 Å². The molecule has 2 aromatic rings. The molecule has 7 heteroatoms. The molecule has 0 spiro atoms.